The maximum atomic E-state index is 10.9. The largest absolute Gasteiger partial charge is 0.480 e. The van der Waals surface area contributed by atoms with Gasteiger partial charge in [0.15, 0.2) is 0 Å². The molecule has 0 saturated carbocycles. The summed E-state index contributed by atoms with van der Waals surface area (Å²) in [4.78, 5) is 21.3. The predicted octanol–water partition coefficient (Wildman–Crippen LogP) is 0.608. The van der Waals surface area contributed by atoms with Gasteiger partial charge in [0.25, 0.3) is 0 Å². The summed E-state index contributed by atoms with van der Waals surface area (Å²) in [7, 11) is 0. The van der Waals surface area contributed by atoms with Crippen LogP contribution in [0.2, 0.25) is 0 Å². The molecule has 0 spiro atoms. The van der Waals surface area contributed by atoms with Crippen LogP contribution in [0.5, 0.6) is 0 Å². The monoisotopic (exact) mass is 237 g/mol. The van der Waals surface area contributed by atoms with Crippen LogP contribution in [0.25, 0.3) is 0 Å². The van der Waals surface area contributed by atoms with Crippen molar-refractivity contribution in [1.82, 2.24) is 5.32 Å². The zero-order chi connectivity index (χ0) is 11.7. The van der Waals surface area contributed by atoms with Crippen LogP contribution in [-0.4, -0.2) is 35.0 Å². The normalized spacial score (nSPS) is 10.6. The van der Waals surface area contributed by atoms with E-state index in [1.807, 2.05) is 0 Å². The summed E-state index contributed by atoms with van der Waals surface area (Å²) in [6, 6.07) is -0.947. The summed E-state index contributed by atoms with van der Waals surface area (Å²) in [6.45, 7) is 4.88. The lowest BCUT2D eigenvalue weighted by molar-refractivity contribution is -0.140. The Morgan fingerprint density at radius 3 is 2.14 bits per heavy atom. The minimum Gasteiger partial charge on any atom is -0.480 e. The van der Waals surface area contributed by atoms with Gasteiger partial charge < -0.3 is 10.4 Å². The first-order valence-corrected chi connectivity index (χ1v) is 5.26. The Balaban J connectivity index is 0. The molecule has 0 aliphatic heterocycles. The molecule has 0 saturated heterocycles. The van der Waals surface area contributed by atoms with Crippen molar-refractivity contribution in [2.75, 3.05) is 12.0 Å². The highest BCUT2D eigenvalue weighted by Crippen LogP contribution is 1.92. The SMILES string of the molecule is C=C(C)C(=O)N[C@@H](CS)C(=O)O.CS. The smallest absolute Gasteiger partial charge is 0.327 e. The number of rotatable bonds is 4. The van der Waals surface area contributed by atoms with Crippen LogP contribution < -0.4 is 5.32 Å². The molecule has 0 heterocycles. The number of carbonyl (C=O) groups is 2. The lowest BCUT2D eigenvalue weighted by Gasteiger charge is -2.10. The fourth-order valence-corrected chi connectivity index (χ4v) is 0.714. The van der Waals surface area contributed by atoms with Crippen molar-refractivity contribution in [3.05, 3.63) is 12.2 Å². The summed E-state index contributed by atoms with van der Waals surface area (Å²) in [5.41, 5.74) is 0.281. The average Bonchev–Trinajstić information content (AvgIpc) is 2.16. The molecule has 1 atom stereocenters. The molecule has 0 unspecified atom stereocenters. The quantitative estimate of drug-likeness (QED) is 0.428. The predicted molar refractivity (Wildman–Crippen MR) is 63.1 cm³/mol. The standard InChI is InChI=1S/C7H11NO3S.CH4S/c1-4(2)6(9)8-5(3-12)7(10)11;1-2/h5,12H,1,3H2,2H3,(H,8,9)(H,10,11);2H,1H3/t5-;/m0./s1. The van der Waals surface area contributed by atoms with Gasteiger partial charge in [-0.2, -0.15) is 25.3 Å². The number of amides is 1. The van der Waals surface area contributed by atoms with E-state index in [1.54, 1.807) is 6.26 Å². The van der Waals surface area contributed by atoms with Gasteiger partial charge in [0.1, 0.15) is 6.04 Å². The lowest BCUT2D eigenvalue weighted by atomic mass is 10.3. The summed E-state index contributed by atoms with van der Waals surface area (Å²) in [5.74, 6) is -1.50. The van der Waals surface area contributed by atoms with Crippen molar-refractivity contribution in [2.45, 2.75) is 13.0 Å². The highest BCUT2D eigenvalue weighted by Gasteiger charge is 2.17. The molecule has 0 aliphatic carbocycles. The molecule has 0 fully saturated rings. The Labute approximate surface area is 94.6 Å². The molecule has 0 aromatic rings. The van der Waals surface area contributed by atoms with Crippen LogP contribution in [0.4, 0.5) is 0 Å². The first-order valence-electron chi connectivity index (χ1n) is 3.73. The molecule has 0 aliphatic rings. The van der Waals surface area contributed by atoms with Crippen LogP contribution in [0.3, 0.4) is 0 Å². The van der Waals surface area contributed by atoms with Crippen molar-refractivity contribution in [3.8, 4) is 0 Å². The van der Waals surface area contributed by atoms with Crippen LogP contribution in [0.15, 0.2) is 12.2 Å². The summed E-state index contributed by atoms with van der Waals surface area (Å²) in [5, 5.41) is 10.8. The van der Waals surface area contributed by atoms with Gasteiger partial charge in [0.05, 0.1) is 0 Å². The van der Waals surface area contributed by atoms with E-state index in [-0.39, 0.29) is 11.3 Å². The molecule has 0 rings (SSSR count). The van der Waals surface area contributed by atoms with E-state index in [0.717, 1.165) is 0 Å². The van der Waals surface area contributed by atoms with E-state index in [1.165, 1.54) is 6.92 Å². The second-order valence-electron chi connectivity index (χ2n) is 2.33. The average molecular weight is 237 g/mol. The second-order valence-corrected chi connectivity index (χ2v) is 2.69. The van der Waals surface area contributed by atoms with Gasteiger partial charge in [-0.25, -0.2) is 4.79 Å². The Morgan fingerprint density at radius 1 is 1.50 bits per heavy atom. The van der Waals surface area contributed by atoms with Gasteiger partial charge in [-0.15, -0.1) is 0 Å². The van der Waals surface area contributed by atoms with Crippen LogP contribution in [-0.2, 0) is 9.59 Å². The Bertz CT molecular complexity index is 219. The molecule has 4 nitrogen and oxygen atoms in total. The molecule has 1 amide bonds. The van der Waals surface area contributed by atoms with E-state index in [9.17, 15) is 9.59 Å². The molecule has 14 heavy (non-hydrogen) atoms. The van der Waals surface area contributed by atoms with E-state index >= 15 is 0 Å². The Morgan fingerprint density at radius 2 is 1.93 bits per heavy atom. The van der Waals surface area contributed by atoms with Gasteiger partial charge in [-0.05, 0) is 13.2 Å². The molecule has 0 bridgehead atoms. The number of hydrogen-bond acceptors (Lipinski definition) is 4. The van der Waals surface area contributed by atoms with E-state index in [4.69, 9.17) is 5.11 Å². The maximum Gasteiger partial charge on any atom is 0.327 e. The number of aliphatic carboxylic acids is 1. The molecule has 82 valence electrons. The molecular weight excluding hydrogens is 222 g/mol. The number of carbonyl (C=O) groups excluding carboxylic acids is 1. The van der Waals surface area contributed by atoms with Gasteiger partial charge in [-0.1, -0.05) is 6.58 Å². The summed E-state index contributed by atoms with van der Waals surface area (Å²) in [6.07, 6.45) is 1.69. The Hall–Kier alpha value is -0.620. The number of nitrogens with one attached hydrogen (secondary N) is 1. The van der Waals surface area contributed by atoms with Crippen LogP contribution in [0.1, 0.15) is 6.92 Å². The molecule has 0 aromatic carbocycles. The van der Waals surface area contributed by atoms with Crippen LogP contribution in [0, 0.1) is 0 Å². The van der Waals surface area contributed by atoms with Crippen molar-refractivity contribution >= 4 is 37.1 Å². The van der Waals surface area contributed by atoms with Gasteiger partial charge in [-0.3, -0.25) is 4.79 Å². The van der Waals surface area contributed by atoms with E-state index < -0.39 is 17.9 Å². The first kappa shape index (κ1) is 15.8. The minimum atomic E-state index is -1.10. The fraction of sp³-hybridized carbons (Fsp3) is 0.500. The first-order chi connectivity index (χ1) is 6.49. The van der Waals surface area contributed by atoms with Gasteiger partial charge >= 0.3 is 5.97 Å². The number of carboxylic acids is 1. The third kappa shape index (κ3) is 6.85. The highest BCUT2D eigenvalue weighted by atomic mass is 32.1. The summed E-state index contributed by atoms with van der Waals surface area (Å²) >= 11 is 7.30. The maximum absolute atomic E-state index is 10.9. The topological polar surface area (TPSA) is 66.4 Å². The number of thiol groups is 2. The molecule has 2 N–H and O–H groups in total. The van der Waals surface area contributed by atoms with Crippen molar-refractivity contribution in [3.63, 3.8) is 0 Å². The zero-order valence-corrected chi connectivity index (χ0v) is 9.94. The fourth-order valence-electron chi connectivity index (χ4n) is 0.467. The Kier molecular flexibility index (Phi) is 10.1. The zero-order valence-electron chi connectivity index (χ0n) is 8.15. The third-order valence-electron chi connectivity index (χ3n) is 1.17. The van der Waals surface area contributed by atoms with E-state index in [2.05, 4.69) is 37.2 Å². The second kappa shape index (κ2) is 8.96. The van der Waals surface area contributed by atoms with E-state index in [0.29, 0.717) is 0 Å². The third-order valence-corrected chi connectivity index (χ3v) is 1.54. The molecule has 0 radical (unpaired) electrons. The highest BCUT2D eigenvalue weighted by molar-refractivity contribution is 7.80. The van der Waals surface area contributed by atoms with Gasteiger partial charge in [0, 0.05) is 11.3 Å². The molecule has 0 aromatic heterocycles. The van der Waals surface area contributed by atoms with Crippen LogP contribution >= 0.6 is 25.3 Å². The van der Waals surface area contributed by atoms with Gasteiger partial charge in [0.2, 0.25) is 5.91 Å². The molecular formula is C8H15NO3S2. The summed E-state index contributed by atoms with van der Waals surface area (Å²) < 4.78 is 0. The molecule has 6 heteroatoms. The number of hydrogen-bond donors (Lipinski definition) is 4. The lowest BCUT2D eigenvalue weighted by Crippen LogP contribution is -2.42. The van der Waals surface area contributed by atoms with Crippen molar-refractivity contribution in [1.29, 1.82) is 0 Å². The minimum absolute atomic E-state index is 0.0638. The number of carboxylic acid groups (broad SMARTS) is 1. The van der Waals surface area contributed by atoms with Crippen molar-refractivity contribution < 1.29 is 14.7 Å². The van der Waals surface area contributed by atoms with Crippen molar-refractivity contribution in [2.24, 2.45) is 0 Å².